The lowest BCUT2D eigenvalue weighted by Crippen LogP contribution is -2.68. The van der Waals surface area contributed by atoms with E-state index >= 15 is 0 Å². The van der Waals surface area contributed by atoms with Crippen LogP contribution in [0.3, 0.4) is 0 Å². The number of nitrogens with one attached hydrogen (secondary N) is 1. The van der Waals surface area contributed by atoms with Crippen molar-refractivity contribution < 1.29 is 9.59 Å². The van der Waals surface area contributed by atoms with Crippen LogP contribution in [-0.4, -0.2) is 59.9 Å². The number of piperazine rings is 1. The van der Waals surface area contributed by atoms with Crippen molar-refractivity contribution in [3.8, 4) is 0 Å². The van der Waals surface area contributed by atoms with Gasteiger partial charge in [0.25, 0.3) is 0 Å². The van der Waals surface area contributed by atoms with Gasteiger partial charge >= 0.3 is 0 Å². The van der Waals surface area contributed by atoms with Crippen LogP contribution in [0.4, 0.5) is 0 Å². The normalized spacial score (nSPS) is 31.7. The Labute approximate surface area is 115 Å². The molecule has 2 rings (SSSR count). The largest absolute Gasteiger partial charge is 0.340 e. The Morgan fingerprint density at radius 2 is 2.05 bits per heavy atom. The highest BCUT2D eigenvalue weighted by atomic mass is 16.2. The van der Waals surface area contributed by atoms with Gasteiger partial charge in [-0.2, -0.15) is 0 Å². The van der Waals surface area contributed by atoms with Crippen molar-refractivity contribution in [3.05, 3.63) is 0 Å². The van der Waals surface area contributed by atoms with Crippen molar-refractivity contribution in [2.24, 2.45) is 5.92 Å². The topological polar surface area (TPSA) is 52.7 Å². The standard InChI is InChI=1S/C14H25N3O2/c1-5-11-12(18)15-14(2,3)13(19)17(11)9-10-6-7-16(4)8-10/h10-11H,5-9H2,1-4H3,(H,15,18). The Morgan fingerprint density at radius 3 is 2.58 bits per heavy atom. The molecule has 0 saturated carbocycles. The fourth-order valence-corrected chi connectivity index (χ4v) is 3.16. The zero-order valence-corrected chi connectivity index (χ0v) is 12.4. The number of likely N-dealkylation sites (tertiary alicyclic amines) is 1. The Bertz CT molecular complexity index is 381. The molecular weight excluding hydrogens is 242 g/mol. The summed E-state index contributed by atoms with van der Waals surface area (Å²) in [6, 6.07) is -0.300. The summed E-state index contributed by atoms with van der Waals surface area (Å²) in [5, 5.41) is 2.83. The van der Waals surface area contributed by atoms with E-state index in [2.05, 4.69) is 17.3 Å². The van der Waals surface area contributed by atoms with Crippen molar-refractivity contribution in [1.29, 1.82) is 0 Å². The highest BCUT2D eigenvalue weighted by Crippen LogP contribution is 2.24. The predicted octanol–water partition coefficient (Wildman–Crippen LogP) is 0.454. The molecule has 0 radical (unpaired) electrons. The Hall–Kier alpha value is -1.10. The monoisotopic (exact) mass is 267 g/mol. The number of nitrogens with zero attached hydrogens (tertiary/aromatic N) is 2. The van der Waals surface area contributed by atoms with Crippen molar-refractivity contribution in [1.82, 2.24) is 15.1 Å². The van der Waals surface area contributed by atoms with E-state index in [1.807, 2.05) is 11.8 Å². The van der Waals surface area contributed by atoms with Crippen molar-refractivity contribution in [3.63, 3.8) is 0 Å². The SMILES string of the molecule is CCC1C(=O)NC(C)(C)C(=O)N1CC1CCN(C)C1. The van der Waals surface area contributed by atoms with Gasteiger partial charge in [-0.05, 0) is 46.2 Å². The third-order valence-corrected chi connectivity index (χ3v) is 4.24. The number of hydrogen-bond acceptors (Lipinski definition) is 3. The fraction of sp³-hybridized carbons (Fsp3) is 0.857. The highest BCUT2D eigenvalue weighted by Gasteiger charge is 2.45. The molecule has 0 aromatic rings. The molecule has 0 spiro atoms. The molecule has 108 valence electrons. The number of hydrogen-bond donors (Lipinski definition) is 1. The second kappa shape index (κ2) is 5.12. The summed E-state index contributed by atoms with van der Waals surface area (Å²) in [5.74, 6) is 0.525. The summed E-state index contributed by atoms with van der Waals surface area (Å²) in [6.07, 6.45) is 1.79. The maximum atomic E-state index is 12.5. The Kier molecular flexibility index (Phi) is 3.85. The van der Waals surface area contributed by atoms with E-state index in [0.29, 0.717) is 18.9 Å². The van der Waals surface area contributed by atoms with Crippen LogP contribution in [0.15, 0.2) is 0 Å². The summed E-state index contributed by atoms with van der Waals surface area (Å²) in [7, 11) is 2.10. The van der Waals surface area contributed by atoms with Gasteiger partial charge < -0.3 is 15.1 Å². The maximum absolute atomic E-state index is 12.5. The molecule has 1 N–H and O–H groups in total. The average molecular weight is 267 g/mol. The number of carbonyl (C=O) groups excluding carboxylic acids is 2. The smallest absolute Gasteiger partial charge is 0.248 e. The molecule has 19 heavy (non-hydrogen) atoms. The zero-order valence-electron chi connectivity index (χ0n) is 12.4. The van der Waals surface area contributed by atoms with Gasteiger partial charge in [-0.1, -0.05) is 6.92 Å². The van der Waals surface area contributed by atoms with Crippen molar-refractivity contribution >= 4 is 11.8 Å². The molecule has 2 unspecified atom stereocenters. The lowest BCUT2D eigenvalue weighted by molar-refractivity contribution is -0.154. The Balaban J connectivity index is 2.13. The van der Waals surface area contributed by atoms with Gasteiger partial charge in [-0.15, -0.1) is 0 Å². The quantitative estimate of drug-likeness (QED) is 0.808. The number of carbonyl (C=O) groups is 2. The van der Waals surface area contributed by atoms with E-state index in [4.69, 9.17) is 0 Å². The Morgan fingerprint density at radius 1 is 1.37 bits per heavy atom. The summed E-state index contributed by atoms with van der Waals surface area (Å²) >= 11 is 0. The second-order valence-electron chi connectivity index (χ2n) is 6.41. The molecular formula is C14H25N3O2. The van der Waals surface area contributed by atoms with Gasteiger partial charge in [0, 0.05) is 13.1 Å². The highest BCUT2D eigenvalue weighted by molar-refractivity contribution is 5.99. The summed E-state index contributed by atoms with van der Waals surface area (Å²) in [4.78, 5) is 28.7. The van der Waals surface area contributed by atoms with E-state index < -0.39 is 5.54 Å². The number of amides is 2. The molecule has 2 fully saturated rings. The van der Waals surface area contributed by atoms with Crippen LogP contribution in [0, 0.1) is 5.92 Å². The molecule has 0 aromatic carbocycles. The van der Waals surface area contributed by atoms with Gasteiger partial charge in [-0.3, -0.25) is 9.59 Å². The molecule has 2 heterocycles. The molecule has 5 heteroatoms. The first kappa shape index (κ1) is 14.3. The van der Waals surface area contributed by atoms with Crippen LogP contribution in [0.25, 0.3) is 0 Å². The molecule has 0 aliphatic carbocycles. The minimum absolute atomic E-state index is 0.0153. The first-order valence-corrected chi connectivity index (χ1v) is 7.16. The minimum Gasteiger partial charge on any atom is -0.340 e. The first-order valence-electron chi connectivity index (χ1n) is 7.16. The van der Waals surface area contributed by atoms with Gasteiger partial charge in [0.05, 0.1) is 0 Å². The molecule has 0 bridgehead atoms. The molecule has 2 amide bonds. The van der Waals surface area contributed by atoms with Gasteiger partial charge in [-0.25, -0.2) is 0 Å². The van der Waals surface area contributed by atoms with E-state index in [9.17, 15) is 9.59 Å². The lowest BCUT2D eigenvalue weighted by Gasteiger charge is -2.43. The van der Waals surface area contributed by atoms with E-state index in [-0.39, 0.29) is 17.9 Å². The van der Waals surface area contributed by atoms with Crippen LogP contribution in [0.5, 0.6) is 0 Å². The summed E-state index contributed by atoms with van der Waals surface area (Å²) in [5.41, 5.74) is -0.771. The molecule has 2 saturated heterocycles. The fourth-order valence-electron chi connectivity index (χ4n) is 3.16. The third-order valence-electron chi connectivity index (χ3n) is 4.24. The van der Waals surface area contributed by atoms with Gasteiger partial charge in [0.2, 0.25) is 11.8 Å². The maximum Gasteiger partial charge on any atom is 0.248 e. The van der Waals surface area contributed by atoms with Crippen LogP contribution in [-0.2, 0) is 9.59 Å². The first-order chi connectivity index (χ1) is 8.85. The third kappa shape index (κ3) is 2.76. The van der Waals surface area contributed by atoms with Crippen LogP contribution in [0.1, 0.15) is 33.6 Å². The van der Waals surface area contributed by atoms with E-state index in [1.165, 1.54) is 0 Å². The molecule has 2 atom stereocenters. The van der Waals surface area contributed by atoms with Crippen molar-refractivity contribution in [2.45, 2.75) is 45.2 Å². The van der Waals surface area contributed by atoms with E-state index in [0.717, 1.165) is 19.5 Å². The lowest BCUT2D eigenvalue weighted by atomic mass is 9.94. The molecule has 0 aromatic heterocycles. The van der Waals surface area contributed by atoms with Crippen LogP contribution >= 0.6 is 0 Å². The second-order valence-corrected chi connectivity index (χ2v) is 6.41. The van der Waals surface area contributed by atoms with Gasteiger partial charge in [0.1, 0.15) is 11.6 Å². The predicted molar refractivity (Wildman–Crippen MR) is 73.6 cm³/mol. The molecule has 5 nitrogen and oxygen atoms in total. The summed E-state index contributed by atoms with van der Waals surface area (Å²) < 4.78 is 0. The number of rotatable bonds is 3. The van der Waals surface area contributed by atoms with Crippen LogP contribution < -0.4 is 5.32 Å². The van der Waals surface area contributed by atoms with Gasteiger partial charge in [0.15, 0.2) is 0 Å². The zero-order chi connectivity index (χ0) is 14.2. The molecule has 2 aliphatic heterocycles. The summed E-state index contributed by atoms with van der Waals surface area (Å²) in [6.45, 7) is 8.34. The minimum atomic E-state index is -0.771. The van der Waals surface area contributed by atoms with Crippen LogP contribution in [0.2, 0.25) is 0 Å². The molecule has 2 aliphatic rings. The van der Waals surface area contributed by atoms with E-state index in [1.54, 1.807) is 13.8 Å². The van der Waals surface area contributed by atoms with Crippen molar-refractivity contribution in [2.75, 3.05) is 26.7 Å². The average Bonchev–Trinajstić information content (AvgIpc) is 2.71.